The molecular formula is C23H33N3O2. The summed E-state index contributed by atoms with van der Waals surface area (Å²) in [5.41, 5.74) is 1.90. The lowest BCUT2D eigenvalue weighted by Crippen LogP contribution is -2.38. The molecule has 1 aliphatic rings. The zero-order valence-electron chi connectivity index (χ0n) is 17.4. The van der Waals surface area contributed by atoms with Crippen LogP contribution in [-0.4, -0.2) is 39.8 Å². The van der Waals surface area contributed by atoms with Crippen LogP contribution in [0.15, 0.2) is 30.5 Å². The van der Waals surface area contributed by atoms with Crippen LogP contribution in [0.25, 0.3) is 0 Å². The van der Waals surface area contributed by atoms with Crippen molar-refractivity contribution in [2.45, 2.75) is 65.5 Å². The van der Waals surface area contributed by atoms with Gasteiger partial charge in [0.2, 0.25) is 0 Å². The van der Waals surface area contributed by atoms with Crippen molar-refractivity contribution in [3.05, 3.63) is 47.5 Å². The molecule has 0 radical (unpaired) electrons. The van der Waals surface area contributed by atoms with Crippen LogP contribution in [0.5, 0.6) is 5.75 Å². The highest BCUT2D eigenvalue weighted by Gasteiger charge is 2.27. The van der Waals surface area contributed by atoms with E-state index in [1.54, 1.807) is 0 Å². The van der Waals surface area contributed by atoms with E-state index >= 15 is 0 Å². The van der Waals surface area contributed by atoms with Crippen molar-refractivity contribution in [1.82, 2.24) is 14.9 Å². The van der Waals surface area contributed by atoms with E-state index in [1.807, 2.05) is 44.3 Å². The number of likely N-dealkylation sites (tertiary alicyclic amines) is 1. The van der Waals surface area contributed by atoms with E-state index in [4.69, 9.17) is 4.74 Å². The second-order valence-electron chi connectivity index (χ2n) is 8.09. The number of ether oxygens (including phenoxy) is 1. The number of piperidine rings is 1. The topological polar surface area (TPSA) is 58.2 Å². The van der Waals surface area contributed by atoms with Crippen molar-refractivity contribution < 1.29 is 9.53 Å². The molecule has 1 aromatic carbocycles. The molecule has 1 N–H and O–H groups in total. The van der Waals surface area contributed by atoms with E-state index in [9.17, 15) is 4.79 Å². The molecule has 3 rings (SSSR count). The maximum absolute atomic E-state index is 13.1. The number of Topliss-reactive ketones (excluding diaryl/α,β-unsaturated/α-hetero) is 1. The number of aromatic amines is 1. The predicted octanol–water partition coefficient (Wildman–Crippen LogP) is 4.63. The number of carbonyl (C=O) groups excluding carboxylic acids is 1. The third-order valence-corrected chi connectivity index (χ3v) is 5.21. The first-order valence-electron chi connectivity index (χ1n) is 10.6. The summed E-state index contributed by atoms with van der Waals surface area (Å²) in [6, 6.07) is 7.62. The number of ketones is 1. The van der Waals surface area contributed by atoms with E-state index < -0.39 is 0 Å². The molecule has 0 spiro atoms. The van der Waals surface area contributed by atoms with Crippen molar-refractivity contribution in [1.29, 1.82) is 0 Å². The number of hydrogen-bond donors (Lipinski definition) is 1. The van der Waals surface area contributed by atoms with Gasteiger partial charge >= 0.3 is 0 Å². The van der Waals surface area contributed by atoms with Gasteiger partial charge in [-0.05, 0) is 51.8 Å². The van der Waals surface area contributed by atoms with Gasteiger partial charge in [0, 0.05) is 42.9 Å². The molecule has 28 heavy (non-hydrogen) atoms. The number of H-pyrrole nitrogens is 1. The Labute approximate surface area is 168 Å². The molecule has 0 amide bonds. The van der Waals surface area contributed by atoms with Crippen LogP contribution in [0.1, 0.15) is 68.3 Å². The molecule has 0 bridgehead atoms. The number of nitrogens with zero attached hydrogens (tertiary/aromatic N) is 2. The highest BCUT2D eigenvalue weighted by Crippen LogP contribution is 2.24. The summed E-state index contributed by atoms with van der Waals surface area (Å²) < 4.78 is 5.75. The standard InChI is InChI=1S/C23H33N3O2/c1-4-5-11-22-24-14-20(25-22)16-26-12-7-9-19(15-26)23(27)18-8-6-10-21(13-18)28-17(2)3/h6,8,10,13-14,17,19H,4-5,7,9,11-12,15-16H2,1-3H3,(H,24,25)/t19-/m0/s1. The van der Waals surface area contributed by atoms with Gasteiger partial charge in [-0.25, -0.2) is 4.98 Å². The minimum absolute atomic E-state index is 0.0468. The maximum Gasteiger partial charge on any atom is 0.167 e. The fourth-order valence-corrected chi connectivity index (χ4v) is 3.84. The number of unbranched alkanes of at least 4 members (excludes halogenated alkanes) is 1. The average molecular weight is 384 g/mol. The lowest BCUT2D eigenvalue weighted by molar-refractivity contribution is 0.0809. The number of rotatable bonds is 9. The van der Waals surface area contributed by atoms with Crippen LogP contribution >= 0.6 is 0 Å². The van der Waals surface area contributed by atoms with E-state index in [1.165, 1.54) is 6.42 Å². The third kappa shape index (κ3) is 5.68. The first-order chi connectivity index (χ1) is 13.5. The molecule has 0 aliphatic carbocycles. The molecule has 1 saturated heterocycles. The average Bonchev–Trinajstić information content (AvgIpc) is 3.13. The number of aromatic nitrogens is 2. The van der Waals surface area contributed by atoms with Gasteiger partial charge in [-0.2, -0.15) is 0 Å². The summed E-state index contributed by atoms with van der Waals surface area (Å²) in [6.07, 6.45) is 7.40. The predicted molar refractivity (Wildman–Crippen MR) is 112 cm³/mol. The summed E-state index contributed by atoms with van der Waals surface area (Å²) in [5.74, 6) is 2.12. The summed E-state index contributed by atoms with van der Waals surface area (Å²) >= 11 is 0. The highest BCUT2D eigenvalue weighted by atomic mass is 16.5. The Hall–Kier alpha value is -2.14. The van der Waals surface area contributed by atoms with Crippen LogP contribution in [-0.2, 0) is 13.0 Å². The maximum atomic E-state index is 13.1. The van der Waals surface area contributed by atoms with Gasteiger partial charge in [-0.1, -0.05) is 25.5 Å². The molecule has 2 heterocycles. The smallest absolute Gasteiger partial charge is 0.167 e. The van der Waals surface area contributed by atoms with Crippen LogP contribution in [0.3, 0.4) is 0 Å². The van der Waals surface area contributed by atoms with Gasteiger partial charge in [0.25, 0.3) is 0 Å². The Morgan fingerprint density at radius 3 is 3.04 bits per heavy atom. The van der Waals surface area contributed by atoms with Gasteiger partial charge < -0.3 is 9.72 Å². The first kappa shape index (κ1) is 20.6. The van der Waals surface area contributed by atoms with E-state index in [-0.39, 0.29) is 17.8 Å². The zero-order valence-corrected chi connectivity index (χ0v) is 17.4. The molecule has 152 valence electrons. The number of aryl methyl sites for hydroxylation is 1. The molecule has 2 aromatic rings. The summed E-state index contributed by atoms with van der Waals surface area (Å²) in [4.78, 5) is 23.4. The van der Waals surface area contributed by atoms with Crippen LogP contribution in [0.2, 0.25) is 0 Å². The van der Waals surface area contributed by atoms with Gasteiger partial charge in [0.15, 0.2) is 5.78 Å². The fourth-order valence-electron chi connectivity index (χ4n) is 3.84. The van der Waals surface area contributed by atoms with Gasteiger partial charge in [-0.15, -0.1) is 0 Å². The quantitative estimate of drug-likeness (QED) is 0.641. The Morgan fingerprint density at radius 1 is 1.39 bits per heavy atom. The summed E-state index contributed by atoms with van der Waals surface area (Å²) in [5, 5.41) is 0. The van der Waals surface area contributed by atoms with Crippen molar-refractivity contribution in [2.24, 2.45) is 5.92 Å². The third-order valence-electron chi connectivity index (χ3n) is 5.21. The molecule has 5 nitrogen and oxygen atoms in total. The minimum Gasteiger partial charge on any atom is -0.491 e. The number of hydrogen-bond acceptors (Lipinski definition) is 4. The summed E-state index contributed by atoms with van der Waals surface area (Å²) in [7, 11) is 0. The van der Waals surface area contributed by atoms with Gasteiger partial charge in [-0.3, -0.25) is 9.69 Å². The highest BCUT2D eigenvalue weighted by molar-refractivity contribution is 5.98. The van der Waals surface area contributed by atoms with Crippen molar-refractivity contribution in [2.75, 3.05) is 13.1 Å². The van der Waals surface area contributed by atoms with E-state index in [0.29, 0.717) is 0 Å². The lowest BCUT2D eigenvalue weighted by Gasteiger charge is -2.31. The van der Waals surface area contributed by atoms with Gasteiger partial charge in [0.1, 0.15) is 11.6 Å². The number of nitrogens with one attached hydrogen (secondary N) is 1. The molecule has 1 aliphatic heterocycles. The molecular weight excluding hydrogens is 350 g/mol. The minimum atomic E-state index is 0.0468. The fraction of sp³-hybridized carbons (Fsp3) is 0.565. The van der Waals surface area contributed by atoms with Gasteiger partial charge in [0.05, 0.1) is 6.10 Å². The first-order valence-corrected chi connectivity index (χ1v) is 10.6. The number of imidazole rings is 1. The van der Waals surface area contributed by atoms with Crippen molar-refractivity contribution in [3.8, 4) is 5.75 Å². The van der Waals surface area contributed by atoms with Crippen LogP contribution < -0.4 is 4.74 Å². The summed E-state index contributed by atoms with van der Waals surface area (Å²) in [6.45, 7) is 8.85. The second kappa shape index (κ2) is 9.87. The SMILES string of the molecule is CCCCc1ncc(CN2CCC[C@H](C(=O)c3cccc(OC(C)C)c3)C2)[nH]1. The van der Waals surface area contributed by atoms with Crippen molar-refractivity contribution >= 4 is 5.78 Å². The second-order valence-corrected chi connectivity index (χ2v) is 8.09. The normalized spacial score (nSPS) is 17.8. The Kier molecular flexibility index (Phi) is 7.26. The van der Waals surface area contributed by atoms with E-state index in [2.05, 4.69) is 21.8 Å². The Morgan fingerprint density at radius 2 is 2.25 bits per heavy atom. The number of benzene rings is 1. The zero-order chi connectivity index (χ0) is 19.9. The Balaban J connectivity index is 1.59. The molecule has 0 saturated carbocycles. The molecule has 1 aromatic heterocycles. The van der Waals surface area contributed by atoms with E-state index in [0.717, 1.165) is 68.1 Å². The Bertz CT molecular complexity index is 769. The number of carbonyl (C=O) groups is 1. The van der Waals surface area contributed by atoms with Crippen LogP contribution in [0.4, 0.5) is 0 Å². The van der Waals surface area contributed by atoms with Crippen molar-refractivity contribution in [3.63, 3.8) is 0 Å². The lowest BCUT2D eigenvalue weighted by atomic mass is 9.90. The van der Waals surface area contributed by atoms with Crippen LogP contribution in [0, 0.1) is 5.92 Å². The molecule has 1 fully saturated rings. The molecule has 1 atom stereocenters. The molecule has 5 heteroatoms. The molecule has 0 unspecified atom stereocenters. The largest absolute Gasteiger partial charge is 0.491 e. The monoisotopic (exact) mass is 383 g/mol.